The number of ketones is 1. The summed E-state index contributed by atoms with van der Waals surface area (Å²) in [7, 11) is 0. The monoisotopic (exact) mass is 407 g/mol. The zero-order valence-corrected chi connectivity index (χ0v) is 16.7. The number of amides is 1. The summed E-state index contributed by atoms with van der Waals surface area (Å²) < 4.78 is 38.6. The zero-order valence-electron chi connectivity index (χ0n) is 16.7. The molecule has 1 aromatic heterocycles. The van der Waals surface area contributed by atoms with Crippen molar-refractivity contribution < 1.29 is 22.8 Å². The van der Waals surface area contributed by atoms with Crippen molar-refractivity contribution in [2.24, 2.45) is 0 Å². The van der Waals surface area contributed by atoms with Crippen molar-refractivity contribution in [1.29, 1.82) is 0 Å². The van der Waals surface area contributed by atoms with Gasteiger partial charge in [-0.1, -0.05) is 18.2 Å². The lowest BCUT2D eigenvalue weighted by Crippen LogP contribution is -2.48. The molecule has 1 aliphatic heterocycles. The van der Waals surface area contributed by atoms with E-state index in [1.54, 1.807) is 24.8 Å². The smallest absolute Gasteiger partial charge is 0.354 e. The third kappa shape index (κ3) is 4.53. The fourth-order valence-corrected chi connectivity index (χ4v) is 3.86. The SMILES string of the molecule is CC(=O)c1c(C)[nH]c(C(=O)N2CCN(Cc3cccc(C(F)(F)F)c3)CC2)c1C. The molecule has 1 fully saturated rings. The quantitative estimate of drug-likeness (QED) is 0.785. The molecule has 0 spiro atoms. The second-order valence-corrected chi connectivity index (χ2v) is 7.45. The van der Waals surface area contributed by atoms with Gasteiger partial charge in [-0.3, -0.25) is 14.5 Å². The number of nitrogens with zero attached hydrogens (tertiary/aromatic N) is 2. The first kappa shape index (κ1) is 21.1. The Morgan fingerprint density at radius 1 is 1.10 bits per heavy atom. The van der Waals surface area contributed by atoms with E-state index < -0.39 is 11.7 Å². The molecule has 5 nitrogen and oxygen atoms in total. The average molecular weight is 407 g/mol. The molecule has 1 aliphatic rings. The first-order valence-electron chi connectivity index (χ1n) is 9.45. The lowest BCUT2D eigenvalue weighted by molar-refractivity contribution is -0.137. The van der Waals surface area contributed by atoms with Gasteiger partial charge in [-0.05, 0) is 38.0 Å². The number of rotatable bonds is 4. The van der Waals surface area contributed by atoms with Crippen molar-refractivity contribution in [2.75, 3.05) is 26.2 Å². The van der Waals surface area contributed by atoms with E-state index in [2.05, 4.69) is 4.98 Å². The molecule has 3 rings (SSSR count). The van der Waals surface area contributed by atoms with Gasteiger partial charge in [-0.25, -0.2) is 0 Å². The summed E-state index contributed by atoms with van der Waals surface area (Å²) in [6.07, 6.45) is -4.36. The number of aryl methyl sites for hydroxylation is 1. The molecule has 0 bridgehead atoms. The van der Waals surface area contributed by atoms with Crippen LogP contribution in [0.1, 0.15) is 50.2 Å². The van der Waals surface area contributed by atoms with Crippen molar-refractivity contribution in [1.82, 2.24) is 14.8 Å². The van der Waals surface area contributed by atoms with Crippen molar-refractivity contribution in [3.05, 3.63) is 57.9 Å². The van der Waals surface area contributed by atoms with E-state index in [0.29, 0.717) is 60.8 Å². The molecular formula is C21H24F3N3O2. The maximum absolute atomic E-state index is 12.9. The fraction of sp³-hybridized carbons (Fsp3) is 0.429. The van der Waals surface area contributed by atoms with Crippen LogP contribution in [0.4, 0.5) is 13.2 Å². The van der Waals surface area contributed by atoms with E-state index in [1.807, 2.05) is 4.90 Å². The van der Waals surface area contributed by atoms with Gasteiger partial charge in [0.2, 0.25) is 0 Å². The number of piperazine rings is 1. The van der Waals surface area contributed by atoms with E-state index in [4.69, 9.17) is 0 Å². The van der Waals surface area contributed by atoms with Crippen LogP contribution in [-0.4, -0.2) is 52.7 Å². The second kappa shape index (κ2) is 8.02. The van der Waals surface area contributed by atoms with Crippen LogP contribution in [0.5, 0.6) is 0 Å². The van der Waals surface area contributed by atoms with Gasteiger partial charge in [0.1, 0.15) is 5.69 Å². The van der Waals surface area contributed by atoms with Crippen LogP contribution < -0.4 is 0 Å². The Labute approximate surface area is 167 Å². The number of hydrogen-bond donors (Lipinski definition) is 1. The van der Waals surface area contributed by atoms with Crippen molar-refractivity contribution in [3.63, 3.8) is 0 Å². The van der Waals surface area contributed by atoms with Gasteiger partial charge in [0.25, 0.3) is 5.91 Å². The summed E-state index contributed by atoms with van der Waals surface area (Å²) in [5.74, 6) is -0.238. The number of carbonyl (C=O) groups excluding carboxylic acids is 2. The standard InChI is InChI=1S/C21H24F3N3O2/c1-13-18(15(3)28)14(2)25-19(13)20(29)27-9-7-26(8-10-27)12-16-5-4-6-17(11-16)21(22,23)24/h4-6,11,25H,7-10,12H2,1-3H3. The van der Waals surface area contributed by atoms with Crippen molar-refractivity contribution >= 4 is 11.7 Å². The molecule has 156 valence electrons. The highest BCUT2D eigenvalue weighted by molar-refractivity contribution is 6.02. The minimum atomic E-state index is -4.36. The molecule has 1 saturated heterocycles. The van der Waals surface area contributed by atoms with Crippen LogP contribution in [0.3, 0.4) is 0 Å². The van der Waals surface area contributed by atoms with Crippen LogP contribution >= 0.6 is 0 Å². The molecule has 0 aliphatic carbocycles. The topological polar surface area (TPSA) is 56.4 Å². The van der Waals surface area contributed by atoms with Crippen LogP contribution in [0.2, 0.25) is 0 Å². The van der Waals surface area contributed by atoms with E-state index in [0.717, 1.165) is 6.07 Å². The Balaban J connectivity index is 1.63. The minimum absolute atomic E-state index is 0.0822. The van der Waals surface area contributed by atoms with E-state index in [1.165, 1.54) is 19.1 Å². The number of hydrogen-bond acceptors (Lipinski definition) is 3. The number of benzene rings is 1. The number of halogens is 3. The number of carbonyl (C=O) groups is 2. The second-order valence-electron chi connectivity index (χ2n) is 7.45. The molecule has 2 aromatic rings. The molecule has 1 amide bonds. The van der Waals surface area contributed by atoms with Crippen LogP contribution in [-0.2, 0) is 12.7 Å². The average Bonchev–Trinajstić information content (AvgIpc) is 2.95. The molecule has 1 aromatic carbocycles. The number of alkyl halides is 3. The minimum Gasteiger partial charge on any atom is -0.354 e. The van der Waals surface area contributed by atoms with Crippen LogP contribution in [0.15, 0.2) is 24.3 Å². The van der Waals surface area contributed by atoms with E-state index in [9.17, 15) is 22.8 Å². The largest absolute Gasteiger partial charge is 0.416 e. The van der Waals surface area contributed by atoms with Gasteiger partial charge < -0.3 is 9.88 Å². The van der Waals surface area contributed by atoms with Gasteiger partial charge in [0, 0.05) is 44.0 Å². The highest BCUT2D eigenvalue weighted by Crippen LogP contribution is 2.30. The molecule has 0 saturated carbocycles. The molecule has 0 atom stereocenters. The number of aromatic nitrogens is 1. The maximum atomic E-state index is 12.9. The van der Waals surface area contributed by atoms with Gasteiger partial charge >= 0.3 is 6.18 Å². The summed E-state index contributed by atoms with van der Waals surface area (Å²) in [4.78, 5) is 31.4. The predicted molar refractivity (Wildman–Crippen MR) is 103 cm³/mol. The summed E-state index contributed by atoms with van der Waals surface area (Å²) >= 11 is 0. The van der Waals surface area contributed by atoms with Gasteiger partial charge in [-0.2, -0.15) is 13.2 Å². The number of nitrogens with one attached hydrogen (secondary N) is 1. The normalized spacial score (nSPS) is 15.6. The Morgan fingerprint density at radius 3 is 2.31 bits per heavy atom. The predicted octanol–water partition coefficient (Wildman–Crippen LogP) is 3.81. The summed E-state index contributed by atoms with van der Waals surface area (Å²) in [5, 5.41) is 0. The molecule has 8 heteroatoms. The fourth-order valence-electron chi connectivity index (χ4n) is 3.86. The lowest BCUT2D eigenvalue weighted by Gasteiger charge is -2.34. The zero-order chi connectivity index (χ0) is 21.3. The number of Topliss-reactive ketones (excluding diaryl/α,β-unsaturated/α-hetero) is 1. The highest BCUT2D eigenvalue weighted by atomic mass is 19.4. The summed E-state index contributed by atoms with van der Waals surface area (Å²) in [6, 6.07) is 5.34. The molecule has 0 unspecified atom stereocenters. The lowest BCUT2D eigenvalue weighted by atomic mass is 10.1. The van der Waals surface area contributed by atoms with Crippen LogP contribution in [0, 0.1) is 13.8 Å². The number of H-pyrrole nitrogens is 1. The summed E-state index contributed by atoms with van der Waals surface area (Å²) in [5.41, 5.74) is 2.27. The third-order valence-corrected chi connectivity index (χ3v) is 5.32. The molecule has 29 heavy (non-hydrogen) atoms. The third-order valence-electron chi connectivity index (χ3n) is 5.32. The molecular weight excluding hydrogens is 383 g/mol. The van der Waals surface area contributed by atoms with Gasteiger partial charge in [-0.15, -0.1) is 0 Å². The van der Waals surface area contributed by atoms with E-state index >= 15 is 0 Å². The van der Waals surface area contributed by atoms with Gasteiger partial charge in [0.15, 0.2) is 5.78 Å². The van der Waals surface area contributed by atoms with Crippen molar-refractivity contribution in [2.45, 2.75) is 33.5 Å². The first-order chi connectivity index (χ1) is 13.6. The highest BCUT2D eigenvalue weighted by Gasteiger charge is 2.31. The maximum Gasteiger partial charge on any atom is 0.416 e. The Kier molecular flexibility index (Phi) is 5.84. The molecule has 0 radical (unpaired) electrons. The Bertz CT molecular complexity index is 926. The van der Waals surface area contributed by atoms with Crippen LogP contribution in [0.25, 0.3) is 0 Å². The Morgan fingerprint density at radius 2 is 1.76 bits per heavy atom. The molecule has 2 heterocycles. The molecule has 1 N–H and O–H groups in total. The van der Waals surface area contributed by atoms with E-state index in [-0.39, 0.29) is 11.7 Å². The summed E-state index contributed by atoms with van der Waals surface area (Å²) in [6.45, 7) is 7.51. The number of aromatic amines is 1. The Hall–Kier alpha value is -2.61. The van der Waals surface area contributed by atoms with Gasteiger partial charge in [0.05, 0.1) is 5.56 Å². The van der Waals surface area contributed by atoms with Crippen molar-refractivity contribution in [3.8, 4) is 0 Å². The first-order valence-corrected chi connectivity index (χ1v) is 9.45.